The van der Waals surface area contributed by atoms with Gasteiger partial charge in [0.15, 0.2) is 0 Å². The summed E-state index contributed by atoms with van der Waals surface area (Å²) in [6.07, 6.45) is -2.24. The Balaban J connectivity index is 1.98. The van der Waals surface area contributed by atoms with Crippen molar-refractivity contribution in [2.75, 3.05) is 7.11 Å². The number of aromatic nitrogens is 2. The van der Waals surface area contributed by atoms with E-state index in [1.807, 2.05) is 12.1 Å². The Morgan fingerprint density at radius 2 is 1.95 bits per heavy atom. The van der Waals surface area contributed by atoms with Crippen LogP contribution in [0.1, 0.15) is 15.9 Å². The van der Waals surface area contributed by atoms with Gasteiger partial charge in [-0.2, -0.15) is 18.3 Å². The third-order valence-electron chi connectivity index (χ3n) is 2.94. The Bertz CT molecular complexity index is 618. The third-order valence-corrected chi connectivity index (χ3v) is 2.94. The molecule has 0 aliphatic rings. The van der Waals surface area contributed by atoms with Crippen molar-refractivity contribution in [2.24, 2.45) is 0 Å². The first-order valence-electron chi connectivity index (χ1n) is 6.17. The topological polar surface area (TPSA) is 44.1 Å². The Kier molecular flexibility index (Phi) is 4.30. The molecule has 0 saturated carbocycles. The van der Waals surface area contributed by atoms with E-state index < -0.39 is 17.5 Å². The predicted octanol–water partition coefficient (Wildman–Crippen LogP) is 2.88. The van der Waals surface area contributed by atoms with Gasteiger partial charge >= 0.3 is 6.18 Å². The summed E-state index contributed by atoms with van der Waals surface area (Å²) in [6, 6.07) is 7.34. The minimum Gasteiger partial charge on any atom is -0.497 e. The van der Waals surface area contributed by atoms with Crippen LogP contribution in [0.2, 0.25) is 0 Å². The van der Waals surface area contributed by atoms with Crippen molar-refractivity contribution >= 4 is 5.78 Å². The number of hydrogen-bond donors (Lipinski definition) is 0. The molecule has 0 amide bonds. The summed E-state index contributed by atoms with van der Waals surface area (Å²) in [4.78, 5) is 11.0. The van der Waals surface area contributed by atoms with Crippen LogP contribution in [0.3, 0.4) is 0 Å². The number of Topliss-reactive ketones (excluding diaryl/α,β-unsaturated/α-hetero) is 1. The zero-order chi connectivity index (χ0) is 15.5. The van der Waals surface area contributed by atoms with Gasteiger partial charge < -0.3 is 4.74 Å². The van der Waals surface area contributed by atoms with Crippen LogP contribution < -0.4 is 4.74 Å². The maximum Gasteiger partial charge on any atom is 0.454 e. The number of methoxy groups -OCH3 is 1. The number of halogens is 3. The fraction of sp³-hybridized carbons (Fsp3) is 0.286. The number of aryl methyl sites for hydroxylation is 2. The van der Waals surface area contributed by atoms with E-state index in [9.17, 15) is 18.0 Å². The molecule has 2 aromatic rings. The molecule has 0 N–H and O–H groups in total. The average Bonchev–Trinajstić information content (AvgIpc) is 2.92. The Morgan fingerprint density at radius 3 is 2.52 bits per heavy atom. The first-order valence-corrected chi connectivity index (χ1v) is 6.17. The van der Waals surface area contributed by atoms with Gasteiger partial charge in [0.05, 0.1) is 18.9 Å². The molecule has 1 aromatic heterocycles. The lowest BCUT2D eigenvalue weighted by Gasteiger charge is -2.04. The van der Waals surface area contributed by atoms with Gasteiger partial charge in [-0.3, -0.25) is 9.48 Å². The molecular formula is C14H13F3N2O2. The number of carbonyl (C=O) groups excluding carboxylic acids is 1. The molecule has 1 aromatic carbocycles. The molecule has 21 heavy (non-hydrogen) atoms. The highest BCUT2D eigenvalue weighted by molar-refractivity contribution is 5.99. The van der Waals surface area contributed by atoms with E-state index >= 15 is 0 Å². The van der Waals surface area contributed by atoms with Crippen molar-refractivity contribution in [3.8, 4) is 5.75 Å². The van der Waals surface area contributed by atoms with Crippen molar-refractivity contribution in [3.05, 3.63) is 47.8 Å². The van der Waals surface area contributed by atoms with Gasteiger partial charge in [-0.05, 0) is 24.1 Å². The van der Waals surface area contributed by atoms with Gasteiger partial charge in [0.25, 0.3) is 5.78 Å². The molecule has 0 fully saturated rings. The molecule has 7 heteroatoms. The Hall–Kier alpha value is -2.31. The molecule has 0 unspecified atom stereocenters. The number of ether oxygens (including phenoxy) is 1. The maximum absolute atomic E-state index is 12.3. The van der Waals surface area contributed by atoms with E-state index in [-0.39, 0.29) is 0 Å². The zero-order valence-corrected chi connectivity index (χ0v) is 11.2. The smallest absolute Gasteiger partial charge is 0.454 e. The number of alkyl halides is 3. The summed E-state index contributed by atoms with van der Waals surface area (Å²) in [5.74, 6) is -1.14. The van der Waals surface area contributed by atoms with Gasteiger partial charge in [0.2, 0.25) is 0 Å². The lowest BCUT2D eigenvalue weighted by atomic mass is 10.1. The second-order valence-corrected chi connectivity index (χ2v) is 4.42. The van der Waals surface area contributed by atoms with Gasteiger partial charge in [-0.25, -0.2) is 0 Å². The van der Waals surface area contributed by atoms with Crippen LogP contribution in [0.15, 0.2) is 36.7 Å². The normalized spacial score (nSPS) is 11.4. The quantitative estimate of drug-likeness (QED) is 0.797. The van der Waals surface area contributed by atoms with Gasteiger partial charge in [0.1, 0.15) is 5.75 Å². The third kappa shape index (κ3) is 3.84. The highest BCUT2D eigenvalue weighted by atomic mass is 19.4. The fourth-order valence-corrected chi connectivity index (χ4v) is 1.80. The molecule has 0 atom stereocenters. The SMILES string of the molecule is COc1ccc(CCn2cc(C(=O)C(F)(F)F)cn2)cc1. The lowest BCUT2D eigenvalue weighted by molar-refractivity contribution is -0.0885. The van der Waals surface area contributed by atoms with Crippen LogP contribution in [-0.4, -0.2) is 28.8 Å². The highest BCUT2D eigenvalue weighted by Gasteiger charge is 2.39. The molecule has 4 nitrogen and oxygen atoms in total. The average molecular weight is 298 g/mol. The minimum absolute atomic E-state index is 0.386. The fourth-order valence-electron chi connectivity index (χ4n) is 1.80. The zero-order valence-electron chi connectivity index (χ0n) is 11.2. The molecule has 1 heterocycles. The Morgan fingerprint density at radius 1 is 1.29 bits per heavy atom. The molecular weight excluding hydrogens is 285 g/mol. The minimum atomic E-state index is -4.87. The first kappa shape index (κ1) is 15.1. The van der Waals surface area contributed by atoms with Crippen LogP contribution in [0, 0.1) is 0 Å². The van der Waals surface area contributed by atoms with Crippen molar-refractivity contribution in [1.82, 2.24) is 9.78 Å². The predicted molar refractivity (Wildman–Crippen MR) is 69.3 cm³/mol. The molecule has 0 aliphatic heterocycles. The van der Waals surface area contributed by atoms with Crippen molar-refractivity contribution in [3.63, 3.8) is 0 Å². The summed E-state index contributed by atoms with van der Waals surface area (Å²) < 4.78 is 43.2. The molecule has 112 valence electrons. The van der Waals surface area contributed by atoms with Crippen LogP contribution >= 0.6 is 0 Å². The van der Waals surface area contributed by atoms with Gasteiger partial charge in [-0.1, -0.05) is 12.1 Å². The Labute approximate surface area is 119 Å². The number of rotatable bonds is 5. The first-order chi connectivity index (χ1) is 9.90. The molecule has 0 aliphatic carbocycles. The summed E-state index contributed by atoms with van der Waals surface area (Å²) in [7, 11) is 1.57. The number of carbonyl (C=O) groups is 1. The second-order valence-electron chi connectivity index (χ2n) is 4.42. The van der Waals surface area contributed by atoms with Crippen molar-refractivity contribution < 1.29 is 22.7 Å². The van der Waals surface area contributed by atoms with E-state index in [1.54, 1.807) is 19.2 Å². The number of benzene rings is 1. The molecule has 0 spiro atoms. The summed E-state index contributed by atoms with van der Waals surface area (Å²) >= 11 is 0. The van der Waals surface area contributed by atoms with E-state index in [4.69, 9.17) is 4.74 Å². The van der Waals surface area contributed by atoms with Crippen molar-refractivity contribution in [1.29, 1.82) is 0 Å². The van der Waals surface area contributed by atoms with Crippen LogP contribution in [0.4, 0.5) is 13.2 Å². The van der Waals surface area contributed by atoms with Crippen LogP contribution in [0.5, 0.6) is 5.75 Å². The van der Waals surface area contributed by atoms with E-state index in [1.165, 1.54) is 4.68 Å². The van der Waals surface area contributed by atoms with Crippen LogP contribution in [-0.2, 0) is 13.0 Å². The van der Waals surface area contributed by atoms with Crippen molar-refractivity contribution in [2.45, 2.75) is 19.1 Å². The van der Waals surface area contributed by atoms with E-state index in [0.717, 1.165) is 23.7 Å². The summed E-state index contributed by atoms with van der Waals surface area (Å²) in [5.41, 5.74) is 0.548. The number of ketones is 1. The van der Waals surface area contributed by atoms with E-state index in [2.05, 4.69) is 5.10 Å². The highest BCUT2D eigenvalue weighted by Crippen LogP contribution is 2.21. The number of hydrogen-bond acceptors (Lipinski definition) is 3. The summed E-state index contributed by atoms with van der Waals surface area (Å²) in [6.45, 7) is 0.386. The maximum atomic E-state index is 12.3. The molecule has 0 saturated heterocycles. The lowest BCUT2D eigenvalue weighted by Crippen LogP contribution is -2.22. The van der Waals surface area contributed by atoms with E-state index in [0.29, 0.717) is 13.0 Å². The van der Waals surface area contributed by atoms with Gasteiger partial charge in [-0.15, -0.1) is 0 Å². The molecule has 0 bridgehead atoms. The standard InChI is InChI=1S/C14H13F3N2O2/c1-21-12-4-2-10(3-5-12)6-7-19-9-11(8-18-19)13(20)14(15,16)17/h2-5,8-9H,6-7H2,1H3. The molecule has 2 rings (SSSR count). The van der Waals surface area contributed by atoms with Crippen LogP contribution in [0.25, 0.3) is 0 Å². The number of nitrogens with zero attached hydrogens (tertiary/aromatic N) is 2. The summed E-state index contributed by atoms with van der Waals surface area (Å²) in [5, 5.41) is 3.77. The van der Waals surface area contributed by atoms with Gasteiger partial charge in [0, 0.05) is 12.7 Å². The second kappa shape index (κ2) is 5.99. The molecule has 0 radical (unpaired) electrons. The largest absolute Gasteiger partial charge is 0.497 e. The monoisotopic (exact) mass is 298 g/mol.